The van der Waals surface area contributed by atoms with Gasteiger partial charge in [0, 0.05) is 13.0 Å². The van der Waals surface area contributed by atoms with Crippen LogP contribution in [0.15, 0.2) is 89.8 Å². The topological polar surface area (TPSA) is 83.0 Å². The highest BCUT2D eigenvalue weighted by Crippen LogP contribution is 2.24. The quantitative estimate of drug-likeness (QED) is 0.373. The van der Waals surface area contributed by atoms with Crippen molar-refractivity contribution in [3.05, 3.63) is 101 Å². The Morgan fingerprint density at radius 3 is 2.25 bits per heavy atom. The van der Waals surface area contributed by atoms with Gasteiger partial charge in [-0.1, -0.05) is 54.1 Å². The third kappa shape index (κ3) is 4.74. The van der Waals surface area contributed by atoms with Gasteiger partial charge in [0.05, 0.1) is 16.3 Å². The van der Waals surface area contributed by atoms with Gasteiger partial charge in [0.25, 0.3) is 10.0 Å². The van der Waals surface area contributed by atoms with Crippen LogP contribution in [0, 0.1) is 11.7 Å². The van der Waals surface area contributed by atoms with Crippen LogP contribution in [-0.4, -0.2) is 29.8 Å². The van der Waals surface area contributed by atoms with E-state index in [2.05, 4.69) is 15.6 Å². The van der Waals surface area contributed by atoms with E-state index >= 15 is 0 Å². The first-order valence-corrected chi connectivity index (χ1v) is 11.9. The van der Waals surface area contributed by atoms with E-state index in [0.29, 0.717) is 22.7 Å². The van der Waals surface area contributed by atoms with Crippen molar-refractivity contribution in [3.63, 3.8) is 0 Å². The summed E-state index contributed by atoms with van der Waals surface area (Å²) in [6.07, 6.45) is 0.340. The molecule has 4 rings (SSSR count). The van der Waals surface area contributed by atoms with Crippen LogP contribution in [0.4, 0.5) is 11.4 Å². The minimum Gasteiger partial charge on any atom is -0.291 e. The van der Waals surface area contributed by atoms with Crippen LogP contribution in [0.25, 0.3) is 0 Å². The number of hydrogen-bond acceptors (Lipinski definition) is 5. The fourth-order valence-corrected chi connectivity index (χ4v) is 4.94. The number of rotatable bonds is 8. The highest BCUT2D eigenvalue weighted by molar-refractivity contribution is 7.92. The summed E-state index contributed by atoms with van der Waals surface area (Å²) in [7, 11) is -3.77. The van der Waals surface area contributed by atoms with Crippen LogP contribution in [0.1, 0.15) is 11.4 Å². The Bertz CT molecular complexity index is 1330. The lowest BCUT2D eigenvalue weighted by molar-refractivity contribution is 0.589. The van der Waals surface area contributed by atoms with Crippen molar-refractivity contribution in [1.82, 2.24) is 14.9 Å². The summed E-state index contributed by atoms with van der Waals surface area (Å²) in [6, 6.07) is 25.5. The highest BCUT2D eigenvalue weighted by atomic mass is 32.2. The van der Waals surface area contributed by atoms with Crippen LogP contribution in [0.2, 0.25) is 0 Å². The third-order valence-corrected chi connectivity index (χ3v) is 7.06. The molecule has 0 atom stereocenters. The van der Waals surface area contributed by atoms with Gasteiger partial charge in [0.15, 0.2) is 5.82 Å². The smallest absolute Gasteiger partial charge is 0.264 e. The molecule has 32 heavy (non-hydrogen) atoms. The molecule has 9 heteroatoms. The summed E-state index contributed by atoms with van der Waals surface area (Å²) in [5.41, 5.74) is 5.64. The molecular weight excluding hydrogens is 442 g/mol. The molecular formula is C23H23N5O2S2. The number of nitrogens with one attached hydrogen (secondary N) is 2. The van der Waals surface area contributed by atoms with Crippen molar-refractivity contribution in [2.45, 2.75) is 18.2 Å². The highest BCUT2D eigenvalue weighted by Gasteiger charge is 2.25. The van der Waals surface area contributed by atoms with Gasteiger partial charge in [-0.3, -0.25) is 14.8 Å². The van der Waals surface area contributed by atoms with Gasteiger partial charge in [0.1, 0.15) is 0 Å². The molecule has 0 spiro atoms. The van der Waals surface area contributed by atoms with E-state index in [9.17, 15) is 8.42 Å². The summed E-state index contributed by atoms with van der Waals surface area (Å²) in [5.74, 6) is 0.596. The van der Waals surface area contributed by atoms with Gasteiger partial charge in [-0.05, 0) is 55.5 Å². The van der Waals surface area contributed by atoms with Crippen molar-refractivity contribution >= 4 is 33.6 Å². The number of aromatic nitrogens is 3. The predicted octanol–water partition coefficient (Wildman–Crippen LogP) is 4.56. The first-order chi connectivity index (χ1) is 15.4. The van der Waals surface area contributed by atoms with Gasteiger partial charge < -0.3 is 0 Å². The third-order valence-electron chi connectivity index (χ3n) is 4.95. The van der Waals surface area contributed by atoms with Crippen molar-refractivity contribution in [1.29, 1.82) is 0 Å². The Hall–Kier alpha value is -3.43. The fourth-order valence-electron chi connectivity index (χ4n) is 3.28. The lowest BCUT2D eigenvalue weighted by Crippen LogP contribution is -2.33. The average molecular weight is 466 g/mol. The molecule has 2 N–H and O–H groups in total. The minimum atomic E-state index is -3.77. The van der Waals surface area contributed by atoms with Gasteiger partial charge in [-0.25, -0.2) is 13.1 Å². The number of sulfonamides is 1. The summed E-state index contributed by atoms with van der Waals surface area (Å²) in [4.78, 5) is 0.244. The maximum absolute atomic E-state index is 13.5. The predicted molar refractivity (Wildman–Crippen MR) is 129 cm³/mol. The molecule has 0 unspecified atom stereocenters. The maximum Gasteiger partial charge on any atom is 0.264 e. The molecule has 0 amide bonds. The summed E-state index contributed by atoms with van der Waals surface area (Å²) < 4.78 is 30.5. The van der Waals surface area contributed by atoms with Gasteiger partial charge in [0.2, 0.25) is 4.77 Å². The number of benzene rings is 3. The lowest BCUT2D eigenvalue weighted by Gasteiger charge is -2.24. The molecule has 1 aromatic heterocycles. The van der Waals surface area contributed by atoms with Crippen molar-refractivity contribution in [3.8, 4) is 0 Å². The van der Waals surface area contributed by atoms with Crippen LogP contribution in [0.3, 0.4) is 0 Å². The lowest BCUT2D eigenvalue weighted by atomic mass is 10.2. The summed E-state index contributed by atoms with van der Waals surface area (Å²) >= 11 is 5.36. The van der Waals surface area contributed by atoms with E-state index in [-0.39, 0.29) is 11.4 Å². The van der Waals surface area contributed by atoms with E-state index in [1.807, 2.05) is 55.5 Å². The number of H-pyrrole nitrogens is 1. The number of hydrogen-bond donors (Lipinski definition) is 2. The van der Waals surface area contributed by atoms with Crippen LogP contribution >= 0.6 is 12.2 Å². The monoisotopic (exact) mass is 465 g/mol. The van der Waals surface area contributed by atoms with Crippen LogP contribution < -0.4 is 9.73 Å². The molecule has 0 aliphatic heterocycles. The normalized spacial score (nSPS) is 11.3. The number of para-hydroxylation sites is 2. The maximum atomic E-state index is 13.5. The Kier molecular flexibility index (Phi) is 6.38. The summed E-state index contributed by atoms with van der Waals surface area (Å²) in [6.45, 7) is 2.12. The van der Waals surface area contributed by atoms with Gasteiger partial charge in [-0.15, -0.1) is 0 Å². The molecule has 164 valence electrons. The van der Waals surface area contributed by atoms with Crippen LogP contribution in [0.5, 0.6) is 0 Å². The van der Waals surface area contributed by atoms with E-state index in [1.165, 1.54) is 4.31 Å². The van der Waals surface area contributed by atoms with Crippen molar-refractivity contribution < 1.29 is 8.42 Å². The molecule has 0 aliphatic rings. The average Bonchev–Trinajstić information content (AvgIpc) is 3.15. The number of anilines is 2. The second-order valence-electron chi connectivity index (χ2n) is 7.23. The summed E-state index contributed by atoms with van der Waals surface area (Å²) in [5, 5.41) is 7.09. The number of aryl methyl sites for hydroxylation is 1. The van der Waals surface area contributed by atoms with Crippen molar-refractivity contribution in [2.24, 2.45) is 0 Å². The molecule has 1 heterocycles. The minimum absolute atomic E-state index is 0.191. The molecule has 0 radical (unpaired) electrons. The zero-order valence-electron chi connectivity index (χ0n) is 17.5. The Morgan fingerprint density at radius 1 is 0.969 bits per heavy atom. The van der Waals surface area contributed by atoms with Gasteiger partial charge >= 0.3 is 0 Å². The molecule has 7 nitrogen and oxygen atoms in total. The second-order valence-corrected chi connectivity index (χ2v) is 9.48. The molecule has 0 saturated heterocycles. The zero-order valence-corrected chi connectivity index (χ0v) is 19.1. The molecule has 0 fully saturated rings. The van der Waals surface area contributed by atoms with E-state index in [4.69, 9.17) is 12.2 Å². The Balaban J connectivity index is 1.64. The molecule has 0 aliphatic carbocycles. The SMILES string of the molecule is Cc1ccc(S(=O)(=O)N(CCc2n[nH]c(=S)n2Nc2ccccc2)c2ccccc2)cc1. The largest absolute Gasteiger partial charge is 0.291 e. The first kappa shape index (κ1) is 21.8. The zero-order chi connectivity index (χ0) is 22.6. The van der Waals surface area contributed by atoms with Crippen LogP contribution in [-0.2, 0) is 16.4 Å². The van der Waals surface area contributed by atoms with E-state index in [0.717, 1.165) is 11.3 Å². The Morgan fingerprint density at radius 2 is 1.59 bits per heavy atom. The first-order valence-electron chi connectivity index (χ1n) is 10.1. The van der Waals surface area contributed by atoms with E-state index in [1.54, 1.807) is 41.1 Å². The second kappa shape index (κ2) is 9.37. The van der Waals surface area contributed by atoms with Crippen molar-refractivity contribution in [2.75, 3.05) is 16.3 Å². The van der Waals surface area contributed by atoms with Gasteiger partial charge in [-0.2, -0.15) is 5.10 Å². The molecule has 3 aromatic carbocycles. The van der Waals surface area contributed by atoms with E-state index < -0.39 is 10.0 Å². The Labute approximate surface area is 192 Å². The standard InChI is InChI=1S/C23H23N5O2S2/c1-18-12-14-21(15-13-18)32(29,30)27(20-10-6-3-7-11-20)17-16-22-24-25-23(31)28(22)26-19-8-4-2-5-9-19/h2-15,26H,16-17H2,1H3,(H,25,31). The molecule has 0 saturated carbocycles. The fraction of sp³-hybridized carbons (Fsp3) is 0.130. The molecule has 0 bridgehead atoms. The number of aromatic amines is 1. The number of nitrogens with zero attached hydrogens (tertiary/aromatic N) is 3. The molecule has 4 aromatic rings.